The fourth-order valence-corrected chi connectivity index (χ4v) is 1.16. The van der Waals surface area contributed by atoms with Crippen molar-refractivity contribution in [3.63, 3.8) is 0 Å². The zero-order valence-electron chi connectivity index (χ0n) is 9.55. The summed E-state index contributed by atoms with van der Waals surface area (Å²) >= 11 is 0. The first-order chi connectivity index (χ1) is 6.61. The fraction of sp³-hybridized carbons (Fsp3) is 0.900. The van der Waals surface area contributed by atoms with Gasteiger partial charge in [-0.1, -0.05) is 6.92 Å². The first-order valence-electron chi connectivity index (χ1n) is 5.28. The molecular weight excluding hydrogens is 178 g/mol. The summed E-state index contributed by atoms with van der Waals surface area (Å²) in [5.41, 5.74) is 5.45. The molecule has 4 heteroatoms. The number of likely N-dealkylation sites (N-methyl/N-ethyl adjacent to an activating group) is 1. The summed E-state index contributed by atoms with van der Waals surface area (Å²) in [6, 6.07) is 0.368. The molecule has 0 radical (unpaired) electrons. The molecule has 0 rings (SSSR count). The topological polar surface area (TPSA) is 58.4 Å². The van der Waals surface area contributed by atoms with E-state index in [9.17, 15) is 4.79 Å². The number of nitrogens with two attached hydrogens (primary N) is 1. The molecule has 0 fully saturated rings. The van der Waals surface area contributed by atoms with Crippen LogP contribution < -0.4 is 11.1 Å². The molecule has 0 aliphatic rings. The van der Waals surface area contributed by atoms with Crippen molar-refractivity contribution >= 4 is 5.91 Å². The molecular formula is C10H23N3O. The Morgan fingerprint density at radius 1 is 1.57 bits per heavy atom. The van der Waals surface area contributed by atoms with Gasteiger partial charge in [0.25, 0.3) is 0 Å². The standard InChI is InChI=1S/C10H23N3O/c1-4-7-12-10(14)8-13(3)9(2)5-6-11/h9H,4-8,11H2,1-3H3,(H,12,14). The van der Waals surface area contributed by atoms with Crippen LogP contribution in [0.25, 0.3) is 0 Å². The lowest BCUT2D eigenvalue weighted by Gasteiger charge is -2.23. The Bertz CT molecular complexity index is 161. The van der Waals surface area contributed by atoms with E-state index >= 15 is 0 Å². The van der Waals surface area contributed by atoms with Crippen molar-refractivity contribution in [3.8, 4) is 0 Å². The van der Waals surface area contributed by atoms with Crippen LogP contribution in [0.2, 0.25) is 0 Å². The van der Waals surface area contributed by atoms with Crippen LogP contribution in [0, 0.1) is 0 Å². The summed E-state index contributed by atoms with van der Waals surface area (Å²) in [6.45, 7) is 6.02. The zero-order chi connectivity index (χ0) is 11.0. The molecule has 0 aromatic carbocycles. The third-order valence-electron chi connectivity index (χ3n) is 2.30. The number of nitrogens with one attached hydrogen (secondary N) is 1. The Balaban J connectivity index is 3.69. The minimum absolute atomic E-state index is 0.0956. The molecule has 0 spiro atoms. The number of hydrogen-bond donors (Lipinski definition) is 2. The minimum Gasteiger partial charge on any atom is -0.355 e. The molecule has 0 aliphatic heterocycles. The van der Waals surface area contributed by atoms with E-state index in [4.69, 9.17) is 5.73 Å². The van der Waals surface area contributed by atoms with Gasteiger partial charge in [0.05, 0.1) is 6.54 Å². The van der Waals surface area contributed by atoms with Gasteiger partial charge in [0.2, 0.25) is 5.91 Å². The molecule has 84 valence electrons. The summed E-state index contributed by atoms with van der Waals surface area (Å²) < 4.78 is 0. The molecule has 0 saturated carbocycles. The van der Waals surface area contributed by atoms with Crippen LogP contribution in [0.1, 0.15) is 26.7 Å². The van der Waals surface area contributed by atoms with Crippen molar-refractivity contribution in [2.75, 3.05) is 26.7 Å². The van der Waals surface area contributed by atoms with Gasteiger partial charge in [-0.05, 0) is 33.4 Å². The van der Waals surface area contributed by atoms with Gasteiger partial charge < -0.3 is 11.1 Å². The van der Waals surface area contributed by atoms with E-state index in [1.54, 1.807) is 0 Å². The van der Waals surface area contributed by atoms with Crippen molar-refractivity contribution in [1.29, 1.82) is 0 Å². The Hall–Kier alpha value is -0.610. The second kappa shape index (κ2) is 7.76. The molecule has 0 aromatic heterocycles. The summed E-state index contributed by atoms with van der Waals surface area (Å²) in [7, 11) is 1.95. The van der Waals surface area contributed by atoms with E-state index in [-0.39, 0.29) is 5.91 Å². The molecule has 1 amide bonds. The molecule has 1 unspecified atom stereocenters. The highest BCUT2D eigenvalue weighted by atomic mass is 16.2. The molecule has 1 atom stereocenters. The molecule has 0 aromatic rings. The van der Waals surface area contributed by atoms with Gasteiger partial charge in [-0.2, -0.15) is 0 Å². The third-order valence-corrected chi connectivity index (χ3v) is 2.30. The lowest BCUT2D eigenvalue weighted by molar-refractivity contribution is -0.122. The summed E-state index contributed by atoms with van der Waals surface area (Å²) in [6.07, 6.45) is 1.91. The molecule has 0 heterocycles. The molecule has 14 heavy (non-hydrogen) atoms. The molecule has 0 bridgehead atoms. The van der Waals surface area contributed by atoms with Crippen LogP contribution >= 0.6 is 0 Å². The first-order valence-corrected chi connectivity index (χ1v) is 5.28. The van der Waals surface area contributed by atoms with Crippen molar-refractivity contribution in [2.24, 2.45) is 5.73 Å². The smallest absolute Gasteiger partial charge is 0.234 e. The highest BCUT2D eigenvalue weighted by molar-refractivity contribution is 5.77. The minimum atomic E-state index is 0.0956. The maximum atomic E-state index is 11.3. The van der Waals surface area contributed by atoms with Crippen LogP contribution in [0.15, 0.2) is 0 Å². The Labute approximate surface area is 86.8 Å². The van der Waals surface area contributed by atoms with E-state index in [1.165, 1.54) is 0 Å². The maximum absolute atomic E-state index is 11.3. The molecule has 0 saturated heterocycles. The number of hydrogen-bond acceptors (Lipinski definition) is 3. The molecule has 0 aliphatic carbocycles. The van der Waals surface area contributed by atoms with Crippen molar-refractivity contribution in [1.82, 2.24) is 10.2 Å². The van der Waals surface area contributed by atoms with Gasteiger partial charge in [0, 0.05) is 12.6 Å². The average molecular weight is 201 g/mol. The lowest BCUT2D eigenvalue weighted by Crippen LogP contribution is -2.40. The average Bonchev–Trinajstić information content (AvgIpc) is 2.15. The van der Waals surface area contributed by atoms with Crippen molar-refractivity contribution in [3.05, 3.63) is 0 Å². The second-order valence-electron chi connectivity index (χ2n) is 3.69. The highest BCUT2D eigenvalue weighted by Crippen LogP contribution is 1.98. The summed E-state index contributed by atoms with van der Waals surface area (Å²) in [5.74, 6) is 0.0956. The number of amides is 1. The van der Waals surface area contributed by atoms with Crippen LogP contribution in [-0.4, -0.2) is 43.5 Å². The first kappa shape index (κ1) is 13.4. The lowest BCUT2D eigenvalue weighted by atomic mass is 10.2. The maximum Gasteiger partial charge on any atom is 0.234 e. The van der Waals surface area contributed by atoms with E-state index in [0.29, 0.717) is 19.1 Å². The number of rotatable bonds is 7. The van der Waals surface area contributed by atoms with Gasteiger partial charge in [0.15, 0.2) is 0 Å². The predicted octanol–water partition coefficient (Wildman–Crippen LogP) is 0.182. The Morgan fingerprint density at radius 3 is 2.71 bits per heavy atom. The SMILES string of the molecule is CCCNC(=O)CN(C)C(C)CCN. The normalized spacial score (nSPS) is 12.9. The fourth-order valence-electron chi connectivity index (χ4n) is 1.16. The number of carbonyl (C=O) groups excluding carboxylic acids is 1. The summed E-state index contributed by atoms with van der Waals surface area (Å²) in [4.78, 5) is 13.4. The van der Waals surface area contributed by atoms with E-state index < -0.39 is 0 Å². The number of nitrogens with zero attached hydrogens (tertiary/aromatic N) is 1. The van der Waals surface area contributed by atoms with E-state index in [0.717, 1.165) is 19.4 Å². The van der Waals surface area contributed by atoms with Crippen LogP contribution in [0.5, 0.6) is 0 Å². The Morgan fingerprint density at radius 2 is 2.21 bits per heavy atom. The van der Waals surface area contributed by atoms with Crippen LogP contribution in [-0.2, 0) is 4.79 Å². The predicted molar refractivity (Wildman–Crippen MR) is 59.1 cm³/mol. The third kappa shape index (κ3) is 5.94. The van der Waals surface area contributed by atoms with E-state index in [1.807, 2.05) is 18.9 Å². The van der Waals surface area contributed by atoms with Gasteiger partial charge in [-0.3, -0.25) is 9.69 Å². The zero-order valence-corrected chi connectivity index (χ0v) is 9.55. The number of carbonyl (C=O) groups is 1. The molecule has 3 N–H and O–H groups in total. The van der Waals surface area contributed by atoms with Crippen molar-refractivity contribution < 1.29 is 4.79 Å². The van der Waals surface area contributed by atoms with Crippen molar-refractivity contribution in [2.45, 2.75) is 32.7 Å². The summed E-state index contributed by atoms with van der Waals surface area (Å²) in [5, 5.41) is 2.85. The highest BCUT2D eigenvalue weighted by Gasteiger charge is 2.11. The largest absolute Gasteiger partial charge is 0.355 e. The Kier molecular flexibility index (Phi) is 7.42. The monoisotopic (exact) mass is 201 g/mol. The van der Waals surface area contributed by atoms with Gasteiger partial charge in [-0.25, -0.2) is 0 Å². The second-order valence-corrected chi connectivity index (χ2v) is 3.69. The quantitative estimate of drug-likeness (QED) is 0.618. The van der Waals surface area contributed by atoms with E-state index in [2.05, 4.69) is 12.2 Å². The molecule has 4 nitrogen and oxygen atoms in total. The van der Waals surface area contributed by atoms with Gasteiger partial charge >= 0.3 is 0 Å². The van der Waals surface area contributed by atoms with Gasteiger partial charge in [-0.15, -0.1) is 0 Å². The van der Waals surface area contributed by atoms with Crippen LogP contribution in [0.3, 0.4) is 0 Å². The van der Waals surface area contributed by atoms with Gasteiger partial charge in [0.1, 0.15) is 0 Å². The van der Waals surface area contributed by atoms with Crippen LogP contribution in [0.4, 0.5) is 0 Å².